The third kappa shape index (κ3) is 3.15. The van der Waals surface area contributed by atoms with Crippen LogP contribution in [0.3, 0.4) is 0 Å². The van der Waals surface area contributed by atoms with Gasteiger partial charge in [0.15, 0.2) is 0 Å². The zero-order valence-corrected chi connectivity index (χ0v) is 11.7. The van der Waals surface area contributed by atoms with Gasteiger partial charge in [-0.05, 0) is 36.8 Å². The van der Waals surface area contributed by atoms with Gasteiger partial charge in [0.25, 0.3) is 10.0 Å². The van der Waals surface area contributed by atoms with Crippen LogP contribution >= 0.6 is 11.6 Å². The number of halogens is 1. The quantitative estimate of drug-likeness (QED) is 0.852. The fourth-order valence-corrected chi connectivity index (χ4v) is 2.81. The van der Waals surface area contributed by atoms with E-state index >= 15 is 0 Å². The molecule has 0 atom stereocenters. The summed E-state index contributed by atoms with van der Waals surface area (Å²) in [7, 11) is -3.70. The van der Waals surface area contributed by atoms with Crippen molar-refractivity contribution in [3.05, 3.63) is 47.2 Å². The molecule has 2 rings (SSSR count). The zero-order chi connectivity index (χ0) is 14.0. The van der Waals surface area contributed by atoms with E-state index in [0.717, 1.165) is 5.56 Å². The van der Waals surface area contributed by atoms with Gasteiger partial charge in [0.1, 0.15) is 0 Å². The van der Waals surface area contributed by atoms with Crippen molar-refractivity contribution in [1.29, 1.82) is 0 Å². The summed E-state index contributed by atoms with van der Waals surface area (Å²) in [5.41, 5.74) is 7.13. The first kappa shape index (κ1) is 13.6. The van der Waals surface area contributed by atoms with E-state index in [0.29, 0.717) is 11.4 Å². The number of aromatic nitrogens is 1. The molecule has 1 heterocycles. The highest BCUT2D eigenvalue weighted by Gasteiger charge is 2.15. The van der Waals surface area contributed by atoms with Crippen LogP contribution in [0.4, 0.5) is 11.4 Å². The van der Waals surface area contributed by atoms with Crippen LogP contribution in [-0.2, 0) is 10.0 Å². The number of anilines is 2. The molecule has 0 unspecified atom stereocenters. The standard InChI is InChI=1S/C12H12ClN3O2S/c1-8-4-9(7-15-6-8)16-19(17,18)10-2-3-12(14)11(13)5-10/h2-7,16H,14H2,1H3. The number of sulfonamides is 1. The van der Waals surface area contributed by atoms with Gasteiger partial charge in [-0.2, -0.15) is 0 Å². The fraction of sp³-hybridized carbons (Fsp3) is 0.0833. The number of hydrogen-bond acceptors (Lipinski definition) is 4. The van der Waals surface area contributed by atoms with Crippen molar-refractivity contribution >= 4 is 33.0 Å². The molecule has 0 saturated carbocycles. The van der Waals surface area contributed by atoms with Gasteiger partial charge in [-0.3, -0.25) is 9.71 Å². The second kappa shape index (κ2) is 5.07. The molecule has 3 N–H and O–H groups in total. The van der Waals surface area contributed by atoms with Gasteiger partial charge in [-0.25, -0.2) is 8.42 Å². The highest BCUT2D eigenvalue weighted by Crippen LogP contribution is 2.24. The molecule has 2 aromatic rings. The largest absolute Gasteiger partial charge is 0.398 e. The zero-order valence-electron chi connectivity index (χ0n) is 10.1. The van der Waals surface area contributed by atoms with Crippen LogP contribution in [0.5, 0.6) is 0 Å². The molecule has 0 fully saturated rings. The van der Waals surface area contributed by atoms with E-state index in [1.54, 1.807) is 12.3 Å². The van der Waals surface area contributed by atoms with Crippen molar-refractivity contribution in [2.45, 2.75) is 11.8 Å². The van der Waals surface area contributed by atoms with Crippen molar-refractivity contribution in [2.75, 3.05) is 10.5 Å². The molecular formula is C12H12ClN3O2S. The van der Waals surface area contributed by atoms with Crippen molar-refractivity contribution in [3.8, 4) is 0 Å². The Kier molecular flexibility index (Phi) is 3.64. The first-order valence-electron chi connectivity index (χ1n) is 5.38. The molecule has 0 amide bonds. The number of aryl methyl sites for hydroxylation is 1. The normalized spacial score (nSPS) is 11.3. The molecule has 0 radical (unpaired) electrons. The molecule has 100 valence electrons. The van der Waals surface area contributed by atoms with Crippen LogP contribution in [0.15, 0.2) is 41.6 Å². The number of nitrogens with zero attached hydrogens (tertiary/aromatic N) is 1. The van der Waals surface area contributed by atoms with Gasteiger partial charge in [0.05, 0.1) is 27.5 Å². The Labute approximate surface area is 116 Å². The molecule has 0 aliphatic heterocycles. The lowest BCUT2D eigenvalue weighted by Crippen LogP contribution is -2.13. The van der Waals surface area contributed by atoms with E-state index in [9.17, 15) is 8.42 Å². The minimum Gasteiger partial charge on any atom is -0.398 e. The number of benzene rings is 1. The monoisotopic (exact) mass is 297 g/mol. The molecule has 0 aliphatic carbocycles. The summed E-state index contributed by atoms with van der Waals surface area (Å²) in [6.07, 6.45) is 3.07. The molecule has 0 bridgehead atoms. The molecular weight excluding hydrogens is 286 g/mol. The van der Waals surface area contributed by atoms with E-state index < -0.39 is 10.0 Å². The van der Waals surface area contributed by atoms with Crippen LogP contribution in [0, 0.1) is 6.92 Å². The highest BCUT2D eigenvalue weighted by atomic mass is 35.5. The van der Waals surface area contributed by atoms with Crippen molar-refractivity contribution < 1.29 is 8.42 Å². The Morgan fingerprint density at radius 2 is 2.00 bits per heavy atom. The summed E-state index contributed by atoms with van der Waals surface area (Å²) in [4.78, 5) is 3.97. The number of nitrogens with two attached hydrogens (primary N) is 1. The molecule has 0 aliphatic rings. The number of rotatable bonds is 3. The molecule has 1 aromatic heterocycles. The number of hydrogen-bond donors (Lipinski definition) is 2. The van der Waals surface area contributed by atoms with Crippen LogP contribution < -0.4 is 10.5 Å². The van der Waals surface area contributed by atoms with Crippen molar-refractivity contribution in [1.82, 2.24) is 4.98 Å². The maximum atomic E-state index is 12.1. The summed E-state index contributed by atoms with van der Waals surface area (Å²) in [5, 5.41) is 0.199. The number of nitrogens with one attached hydrogen (secondary N) is 1. The van der Waals surface area contributed by atoms with E-state index in [1.165, 1.54) is 24.4 Å². The summed E-state index contributed by atoms with van der Waals surface area (Å²) in [6, 6.07) is 5.84. The molecule has 0 spiro atoms. The average Bonchev–Trinajstić information content (AvgIpc) is 2.32. The smallest absolute Gasteiger partial charge is 0.261 e. The van der Waals surface area contributed by atoms with Gasteiger partial charge in [0.2, 0.25) is 0 Å². The van der Waals surface area contributed by atoms with Gasteiger partial charge >= 0.3 is 0 Å². The number of pyridine rings is 1. The van der Waals surface area contributed by atoms with Gasteiger partial charge in [0, 0.05) is 6.20 Å². The predicted octanol–water partition coefficient (Wildman–Crippen LogP) is 2.43. The Morgan fingerprint density at radius 3 is 2.63 bits per heavy atom. The topological polar surface area (TPSA) is 85.1 Å². The number of nitrogen functional groups attached to an aromatic ring is 1. The van der Waals surface area contributed by atoms with E-state index in [2.05, 4.69) is 9.71 Å². The minimum atomic E-state index is -3.70. The molecule has 7 heteroatoms. The first-order valence-corrected chi connectivity index (χ1v) is 7.24. The first-order chi connectivity index (χ1) is 8.88. The Balaban J connectivity index is 2.35. The van der Waals surface area contributed by atoms with Gasteiger partial charge < -0.3 is 5.73 Å². The third-order valence-electron chi connectivity index (χ3n) is 2.41. The Morgan fingerprint density at radius 1 is 1.26 bits per heavy atom. The average molecular weight is 298 g/mol. The summed E-state index contributed by atoms with van der Waals surface area (Å²) < 4.78 is 26.7. The van der Waals surface area contributed by atoms with Gasteiger partial charge in [-0.1, -0.05) is 11.6 Å². The molecule has 5 nitrogen and oxygen atoms in total. The lowest BCUT2D eigenvalue weighted by molar-refractivity contribution is 0.601. The van der Waals surface area contributed by atoms with Crippen LogP contribution in [0.2, 0.25) is 5.02 Å². The second-order valence-electron chi connectivity index (χ2n) is 4.04. The van der Waals surface area contributed by atoms with Crippen LogP contribution in [-0.4, -0.2) is 13.4 Å². The summed E-state index contributed by atoms with van der Waals surface area (Å²) >= 11 is 5.82. The molecule has 19 heavy (non-hydrogen) atoms. The van der Waals surface area contributed by atoms with E-state index in [1.807, 2.05) is 6.92 Å². The van der Waals surface area contributed by atoms with Gasteiger partial charge in [-0.15, -0.1) is 0 Å². The SMILES string of the molecule is Cc1cncc(NS(=O)(=O)c2ccc(N)c(Cl)c2)c1. The van der Waals surface area contributed by atoms with Crippen molar-refractivity contribution in [3.63, 3.8) is 0 Å². The van der Waals surface area contributed by atoms with Crippen LogP contribution in [0.1, 0.15) is 5.56 Å². The lowest BCUT2D eigenvalue weighted by Gasteiger charge is -2.09. The predicted molar refractivity (Wildman–Crippen MR) is 75.6 cm³/mol. The Bertz CT molecular complexity index is 717. The molecule has 0 saturated heterocycles. The lowest BCUT2D eigenvalue weighted by atomic mass is 10.3. The summed E-state index contributed by atoms with van der Waals surface area (Å²) in [6.45, 7) is 1.82. The maximum Gasteiger partial charge on any atom is 0.261 e. The molecule has 1 aromatic carbocycles. The summed E-state index contributed by atoms with van der Waals surface area (Å²) in [5.74, 6) is 0. The van der Waals surface area contributed by atoms with E-state index in [-0.39, 0.29) is 9.92 Å². The van der Waals surface area contributed by atoms with Crippen LogP contribution in [0.25, 0.3) is 0 Å². The minimum absolute atomic E-state index is 0.0493. The highest BCUT2D eigenvalue weighted by molar-refractivity contribution is 7.92. The second-order valence-corrected chi connectivity index (χ2v) is 6.13. The van der Waals surface area contributed by atoms with E-state index in [4.69, 9.17) is 17.3 Å². The Hall–Kier alpha value is -1.79. The van der Waals surface area contributed by atoms with Crippen molar-refractivity contribution in [2.24, 2.45) is 0 Å². The maximum absolute atomic E-state index is 12.1. The fourth-order valence-electron chi connectivity index (χ4n) is 1.50. The third-order valence-corrected chi connectivity index (χ3v) is 4.12.